The maximum Gasteiger partial charge on any atom is 0.419 e. The van der Waals surface area contributed by atoms with Crippen molar-refractivity contribution < 1.29 is 27.9 Å². The molecule has 4 N–H and O–H groups in total. The Balaban J connectivity index is 1.50. The van der Waals surface area contributed by atoms with E-state index in [-0.39, 0.29) is 30.5 Å². The van der Waals surface area contributed by atoms with Crippen molar-refractivity contribution in [2.75, 3.05) is 18.4 Å². The van der Waals surface area contributed by atoms with Gasteiger partial charge < -0.3 is 21.1 Å². The monoisotopic (exact) mass is 531 g/mol. The van der Waals surface area contributed by atoms with Crippen molar-refractivity contribution >= 4 is 23.6 Å². The largest absolute Gasteiger partial charge is 0.465 e. The SMILES string of the molecule is CC(C(N)=O)c1ccccc1CCc1nc(Nc2cnn(C3CCN(C(=O)O)CC3)c2)ncc1C(F)(F)F. The summed E-state index contributed by atoms with van der Waals surface area (Å²) in [6.45, 7) is 2.45. The molecule has 1 saturated heterocycles. The predicted molar refractivity (Wildman–Crippen MR) is 132 cm³/mol. The van der Waals surface area contributed by atoms with Crippen molar-refractivity contribution in [2.24, 2.45) is 5.73 Å². The number of likely N-dealkylation sites (tertiary alicyclic amines) is 1. The number of hydrogen-bond donors (Lipinski definition) is 3. The molecular formula is C25H28F3N7O3. The van der Waals surface area contributed by atoms with E-state index in [4.69, 9.17) is 10.8 Å². The smallest absolute Gasteiger partial charge is 0.419 e. The molecule has 3 aromatic rings. The Labute approximate surface area is 216 Å². The zero-order valence-corrected chi connectivity index (χ0v) is 20.6. The number of piperidine rings is 1. The molecule has 38 heavy (non-hydrogen) atoms. The maximum atomic E-state index is 13.7. The van der Waals surface area contributed by atoms with Crippen LogP contribution in [0.1, 0.15) is 54.1 Å². The van der Waals surface area contributed by atoms with Gasteiger partial charge in [-0.25, -0.2) is 14.8 Å². The molecule has 4 rings (SSSR count). The summed E-state index contributed by atoms with van der Waals surface area (Å²) in [6.07, 6.45) is -0.217. The molecule has 1 aliphatic heterocycles. The van der Waals surface area contributed by atoms with Gasteiger partial charge in [0.25, 0.3) is 0 Å². The van der Waals surface area contributed by atoms with Crippen LogP contribution in [0, 0.1) is 0 Å². The standard InChI is InChI=1S/C25H28F3N7O3/c1-15(22(29)36)19-5-3-2-4-16(19)6-7-21-20(25(26,27)28)13-30-23(33-21)32-17-12-31-35(14-17)18-8-10-34(11-9-18)24(37)38/h2-5,12-15,18H,6-11H2,1H3,(H2,29,36)(H,37,38)(H,30,32,33). The first kappa shape index (κ1) is 26.9. The molecule has 1 aromatic carbocycles. The van der Waals surface area contributed by atoms with Gasteiger partial charge in [0.05, 0.1) is 35.1 Å². The Bertz CT molecular complexity index is 1300. The van der Waals surface area contributed by atoms with Gasteiger partial charge >= 0.3 is 12.3 Å². The number of hydrogen-bond acceptors (Lipinski definition) is 6. The van der Waals surface area contributed by atoms with Gasteiger partial charge in [0.2, 0.25) is 11.9 Å². The molecule has 202 valence electrons. The molecule has 1 aliphatic rings. The van der Waals surface area contributed by atoms with Gasteiger partial charge in [-0.3, -0.25) is 9.48 Å². The number of anilines is 2. The van der Waals surface area contributed by atoms with Gasteiger partial charge in [0.15, 0.2) is 0 Å². The first-order valence-electron chi connectivity index (χ1n) is 12.1. The van der Waals surface area contributed by atoms with Crippen LogP contribution in [0.5, 0.6) is 0 Å². The third-order valence-electron chi connectivity index (χ3n) is 6.72. The van der Waals surface area contributed by atoms with Gasteiger partial charge in [-0.15, -0.1) is 0 Å². The third kappa shape index (κ3) is 6.21. The highest BCUT2D eigenvalue weighted by molar-refractivity contribution is 5.81. The van der Waals surface area contributed by atoms with E-state index in [2.05, 4.69) is 20.4 Å². The van der Waals surface area contributed by atoms with Crippen LogP contribution in [-0.2, 0) is 23.8 Å². The van der Waals surface area contributed by atoms with Crippen molar-refractivity contribution in [3.63, 3.8) is 0 Å². The Morgan fingerprint density at radius 3 is 2.55 bits per heavy atom. The normalized spacial score (nSPS) is 15.3. The fourth-order valence-corrected chi connectivity index (χ4v) is 4.55. The van der Waals surface area contributed by atoms with E-state index < -0.39 is 29.7 Å². The number of rotatable bonds is 8. The summed E-state index contributed by atoms with van der Waals surface area (Å²) >= 11 is 0. The van der Waals surface area contributed by atoms with E-state index in [1.807, 2.05) is 0 Å². The molecule has 0 radical (unpaired) electrons. The molecule has 2 amide bonds. The number of carbonyl (C=O) groups is 2. The number of carbonyl (C=O) groups excluding carboxylic acids is 1. The fourth-order valence-electron chi connectivity index (χ4n) is 4.55. The van der Waals surface area contributed by atoms with Crippen LogP contribution >= 0.6 is 0 Å². The lowest BCUT2D eigenvalue weighted by atomic mass is 9.92. The zero-order chi connectivity index (χ0) is 27.4. The van der Waals surface area contributed by atoms with Gasteiger partial charge in [0, 0.05) is 25.5 Å². The summed E-state index contributed by atoms with van der Waals surface area (Å²) in [5.74, 6) is -1.11. The molecule has 2 aromatic heterocycles. The van der Waals surface area contributed by atoms with Gasteiger partial charge in [-0.1, -0.05) is 24.3 Å². The molecule has 0 bridgehead atoms. The Morgan fingerprint density at radius 2 is 1.89 bits per heavy atom. The van der Waals surface area contributed by atoms with Crippen LogP contribution in [0.2, 0.25) is 0 Å². The average molecular weight is 532 g/mol. The van der Waals surface area contributed by atoms with E-state index in [0.717, 1.165) is 11.8 Å². The highest BCUT2D eigenvalue weighted by atomic mass is 19.4. The summed E-state index contributed by atoms with van der Waals surface area (Å²) in [4.78, 5) is 32.2. The number of carboxylic acid groups (broad SMARTS) is 1. The highest BCUT2D eigenvalue weighted by Gasteiger charge is 2.35. The number of alkyl halides is 3. The number of aromatic nitrogens is 4. The van der Waals surface area contributed by atoms with Gasteiger partial charge in [0.1, 0.15) is 0 Å². The lowest BCUT2D eigenvalue weighted by Gasteiger charge is -2.29. The van der Waals surface area contributed by atoms with Crippen LogP contribution in [0.4, 0.5) is 29.6 Å². The predicted octanol–water partition coefficient (Wildman–Crippen LogP) is 4.12. The summed E-state index contributed by atoms with van der Waals surface area (Å²) in [7, 11) is 0. The van der Waals surface area contributed by atoms with E-state index in [0.29, 0.717) is 37.2 Å². The second-order valence-corrected chi connectivity index (χ2v) is 9.21. The number of nitrogens with one attached hydrogen (secondary N) is 1. The number of nitrogens with zero attached hydrogens (tertiary/aromatic N) is 5. The summed E-state index contributed by atoms with van der Waals surface area (Å²) in [5, 5.41) is 16.3. The number of nitrogens with two attached hydrogens (primary N) is 1. The second kappa shape index (κ2) is 11.1. The highest BCUT2D eigenvalue weighted by Crippen LogP contribution is 2.33. The lowest BCUT2D eigenvalue weighted by Crippen LogP contribution is -2.38. The minimum Gasteiger partial charge on any atom is -0.465 e. The Morgan fingerprint density at radius 1 is 1.18 bits per heavy atom. The molecule has 0 saturated carbocycles. The first-order valence-corrected chi connectivity index (χ1v) is 12.1. The molecular weight excluding hydrogens is 503 g/mol. The van der Waals surface area contributed by atoms with Gasteiger partial charge in [-0.05, 0) is 43.7 Å². The van der Waals surface area contributed by atoms with Gasteiger partial charge in [-0.2, -0.15) is 18.3 Å². The average Bonchev–Trinajstić information content (AvgIpc) is 3.35. The zero-order valence-electron chi connectivity index (χ0n) is 20.6. The number of aryl methyl sites for hydroxylation is 2. The molecule has 1 fully saturated rings. The molecule has 1 atom stereocenters. The Hall–Kier alpha value is -4.16. The molecule has 1 unspecified atom stereocenters. The minimum atomic E-state index is -4.64. The number of primary amides is 1. The van der Waals surface area contributed by atoms with Crippen molar-refractivity contribution in [2.45, 2.75) is 50.7 Å². The van der Waals surface area contributed by atoms with Crippen LogP contribution in [0.25, 0.3) is 0 Å². The van der Waals surface area contributed by atoms with E-state index in [1.165, 1.54) is 11.1 Å². The van der Waals surface area contributed by atoms with Crippen molar-refractivity contribution in [1.82, 2.24) is 24.6 Å². The lowest BCUT2D eigenvalue weighted by molar-refractivity contribution is -0.138. The molecule has 0 spiro atoms. The fraction of sp³-hybridized carbons (Fsp3) is 0.400. The quantitative estimate of drug-likeness (QED) is 0.397. The number of benzene rings is 1. The molecule has 10 nitrogen and oxygen atoms in total. The van der Waals surface area contributed by atoms with Crippen LogP contribution in [0.15, 0.2) is 42.9 Å². The van der Waals surface area contributed by atoms with Crippen molar-refractivity contribution in [3.05, 3.63) is 65.2 Å². The topological polar surface area (TPSA) is 139 Å². The molecule has 13 heteroatoms. The summed E-state index contributed by atoms with van der Waals surface area (Å²) in [6, 6.07) is 7.02. The molecule has 3 heterocycles. The number of halogens is 3. The summed E-state index contributed by atoms with van der Waals surface area (Å²) < 4.78 is 42.9. The maximum absolute atomic E-state index is 13.7. The molecule has 0 aliphatic carbocycles. The first-order chi connectivity index (χ1) is 18.0. The number of amides is 2. The van der Waals surface area contributed by atoms with Crippen LogP contribution in [0.3, 0.4) is 0 Å². The van der Waals surface area contributed by atoms with Crippen LogP contribution in [-0.4, -0.2) is 54.8 Å². The van der Waals surface area contributed by atoms with Crippen LogP contribution < -0.4 is 11.1 Å². The van der Waals surface area contributed by atoms with Crippen molar-refractivity contribution in [1.29, 1.82) is 0 Å². The third-order valence-corrected chi connectivity index (χ3v) is 6.72. The minimum absolute atomic E-state index is 0.00737. The summed E-state index contributed by atoms with van der Waals surface area (Å²) in [5.41, 5.74) is 6.22. The van der Waals surface area contributed by atoms with E-state index >= 15 is 0 Å². The van der Waals surface area contributed by atoms with Crippen molar-refractivity contribution in [3.8, 4) is 0 Å². The van der Waals surface area contributed by atoms with E-state index in [9.17, 15) is 22.8 Å². The second-order valence-electron chi connectivity index (χ2n) is 9.21. The van der Waals surface area contributed by atoms with E-state index in [1.54, 1.807) is 42.1 Å². The Kier molecular flexibility index (Phi) is 7.83.